The Labute approximate surface area is 217 Å². The maximum absolute atomic E-state index is 13.6. The van der Waals surface area contributed by atoms with Crippen LogP contribution in [0.15, 0.2) is 42.5 Å². The summed E-state index contributed by atoms with van der Waals surface area (Å²) in [6, 6.07) is 9.57. The molecule has 1 N–H and O–H groups in total. The maximum Gasteiger partial charge on any atom is 0.244 e. The van der Waals surface area contributed by atoms with Crippen molar-refractivity contribution in [2.24, 2.45) is 0 Å². The van der Waals surface area contributed by atoms with E-state index >= 15 is 0 Å². The third-order valence-corrected chi connectivity index (χ3v) is 8.06. The molecule has 3 rings (SSSR count). The molecule has 36 heavy (non-hydrogen) atoms. The maximum atomic E-state index is 13.6. The zero-order valence-corrected chi connectivity index (χ0v) is 22.4. The number of carbonyl (C=O) groups is 2. The van der Waals surface area contributed by atoms with Crippen LogP contribution in [0.25, 0.3) is 0 Å². The first-order valence-electron chi connectivity index (χ1n) is 12.0. The number of anilines is 1. The van der Waals surface area contributed by atoms with Crippen LogP contribution in [0.2, 0.25) is 5.02 Å². The van der Waals surface area contributed by atoms with Crippen LogP contribution in [0.1, 0.15) is 50.2 Å². The smallest absolute Gasteiger partial charge is 0.244 e. The summed E-state index contributed by atoms with van der Waals surface area (Å²) >= 11 is 6.21. The Morgan fingerprint density at radius 1 is 1.11 bits per heavy atom. The van der Waals surface area contributed by atoms with Crippen molar-refractivity contribution in [3.8, 4) is 0 Å². The number of hydrogen-bond donors (Lipinski definition) is 1. The number of benzene rings is 2. The Hall–Kier alpha value is -2.65. The normalized spacial score (nSPS) is 15.2. The van der Waals surface area contributed by atoms with Gasteiger partial charge in [0, 0.05) is 17.6 Å². The van der Waals surface area contributed by atoms with Gasteiger partial charge >= 0.3 is 0 Å². The third-order valence-electron chi connectivity index (χ3n) is 6.51. The van der Waals surface area contributed by atoms with Gasteiger partial charge in [-0.1, -0.05) is 49.1 Å². The molecule has 2 aromatic rings. The lowest BCUT2D eigenvalue weighted by molar-refractivity contribution is -0.139. The van der Waals surface area contributed by atoms with Gasteiger partial charge in [-0.25, -0.2) is 12.8 Å². The van der Waals surface area contributed by atoms with Crippen LogP contribution in [0, 0.1) is 12.7 Å². The predicted octanol–water partition coefficient (Wildman–Crippen LogP) is 4.42. The Kier molecular flexibility index (Phi) is 9.35. The van der Waals surface area contributed by atoms with Crippen LogP contribution in [0.5, 0.6) is 0 Å². The minimum Gasteiger partial charge on any atom is -0.352 e. The zero-order valence-electron chi connectivity index (χ0n) is 20.8. The summed E-state index contributed by atoms with van der Waals surface area (Å²) in [5.41, 5.74) is 1.64. The van der Waals surface area contributed by atoms with E-state index in [0.717, 1.165) is 48.2 Å². The third kappa shape index (κ3) is 7.43. The van der Waals surface area contributed by atoms with Crippen molar-refractivity contribution in [1.29, 1.82) is 0 Å². The van der Waals surface area contributed by atoms with E-state index in [1.54, 1.807) is 26.0 Å². The molecule has 2 amide bonds. The highest BCUT2D eigenvalue weighted by Crippen LogP contribution is 2.25. The molecule has 0 saturated heterocycles. The number of hydrogen-bond acceptors (Lipinski definition) is 4. The number of rotatable bonds is 9. The average Bonchev–Trinajstić information content (AvgIpc) is 2.83. The first kappa shape index (κ1) is 27.9. The molecule has 1 atom stereocenters. The zero-order chi connectivity index (χ0) is 26.5. The number of aryl methyl sites for hydroxylation is 1. The molecular weight excluding hydrogens is 505 g/mol. The van der Waals surface area contributed by atoms with E-state index in [0.29, 0.717) is 10.6 Å². The molecule has 0 aliphatic heterocycles. The number of halogens is 2. The van der Waals surface area contributed by atoms with E-state index in [-0.39, 0.29) is 24.2 Å². The van der Waals surface area contributed by atoms with E-state index < -0.39 is 34.3 Å². The SMILES string of the molecule is Cc1ccc(N(CC(=O)N(Cc2ccc(F)cc2)[C@@H](C)C(=O)NC2CCCCC2)S(C)(=O)=O)cc1Cl. The second kappa shape index (κ2) is 12.1. The highest BCUT2D eigenvalue weighted by Gasteiger charge is 2.31. The first-order chi connectivity index (χ1) is 17.0. The van der Waals surface area contributed by atoms with Gasteiger partial charge in [0.1, 0.15) is 18.4 Å². The van der Waals surface area contributed by atoms with E-state index in [9.17, 15) is 22.4 Å². The summed E-state index contributed by atoms with van der Waals surface area (Å²) in [6.07, 6.45) is 6.01. The minimum atomic E-state index is -3.85. The number of nitrogens with one attached hydrogen (secondary N) is 1. The van der Waals surface area contributed by atoms with Crippen molar-refractivity contribution in [3.63, 3.8) is 0 Å². The summed E-state index contributed by atoms with van der Waals surface area (Å²) in [4.78, 5) is 28.0. The lowest BCUT2D eigenvalue weighted by Crippen LogP contribution is -2.52. The minimum absolute atomic E-state index is 0.0185. The molecule has 0 unspecified atom stereocenters. The number of sulfonamides is 1. The van der Waals surface area contributed by atoms with Crippen LogP contribution in [-0.4, -0.2) is 50.0 Å². The predicted molar refractivity (Wildman–Crippen MR) is 140 cm³/mol. The van der Waals surface area contributed by atoms with E-state index in [2.05, 4.69) is 5.32 Å². The van der Waals surface area contributed by atoms with Crippen molar-refractivity contribution >= 4 is 39.1 Å². The fraction of sp³-hybridized carbons (Fsp3) is 0.462. The van der Waals surface area contributed by atoms with Gasteiger partial charge in [0.15, 0.2) is 0 Å². The Morgan fingerprint density at radius 3 is 2.33 bits per heavy atom. The molecule has 1 fully saturated rings. The number of nitrogens with zero attached hydrogens (tertiary/aromatic N) is 2. The van der Waals surface area contributed by atoms with Gasteiger partial charge in [-0.15, -0.1) is 0 Å². The topological polar surface area (TPSA) is 86.8 Å². The summed E-state index contributed by atoms with van der Waals surface area (Å²) < 4.78 is 39.7. The van der Waals surface area contributed by atoms with Crippen LogP contribution in [0.4, 0.5) is 10.1 Å². The highest BCUT2D eigenvalue weighted by atomic mass is 35.5. The molecule has 1 saturated carbocycles. The van der Waals surface area contributed by atoms with Gasteiger partial charge in [0.25, 0.3) is 0 Å². The van der Waals surface area contributed by atoms with Gasteiger partial charge in [-0.3, -0.25) is 13.9 Å². The van der Waals surface area contributed by atoms with Gasteiger partial charge < -0.3 is 10.2 Å². The molecule has 10 heteroatoms. The molecular formula is C26H33ClFN3O4S. The highest BCUT2D eigenvalue weighted by molar-refractivity contribution is 7.92. The molecule has 7 nitrogen and oxygen atoms in total. The van der Waals surface area contributed by atoms with Crippen molar-refractivity contribution in [2.75, 3.05) is 17.1 Å². The number of carbonyl (C=O) groups excluding carboxylic acids is 2. The van der Waals surface area contributed by atoms with E-state index in [1.165, 1.54) is 35.2 Å². The summed E-state index contributed by atoms with van der Waals surface area (Å²) in [5, 5.41) is 3.41. The molecule has 2 aromatic carbocycles. The fourth-order valence-electron chi connectivity index (χ4n) is 4.29. The largest absolute Gasteiger partial charge is 0.352 e. The van der Waals surface area contributed by atoms with Gasteiger partial charge in [-0.2, -0.15) is 0 Å². The van der Waals surface area contributed by atoms with Crippen LogP contribution in [-0.2, 0) is 26.2 Å². The average molecular weight is 538 g/mol. The fourth-order valence-corrected chi connectivity index (χ4v) is 5.30. The molecule has 196 valence electrons. The van der Waals surface area contributed by atoms with Crippen molar-refractivity contribution in [3.05, 3.63) is 64.4 Å². The van der Waals surface area contributed by atoms with Gasteiger partial charge in [0.2, 0.25) is 21.8 Å². The lowest BCUT2D eigenvalue weighted by atomic mass is 9.95. The molecule has 1 aliphatic carbocycles. The quantitative estimate of drug-likeness (QED) is 0.513. The number of amides is 2. The summed E-state index contributed by atoms with van der Waals surface area (Å²) in [7, 11) is -3.85. The molecule has 0 radical (unpaired) electrons. The second-order valence-electron chi connectivity index (χ2n) is 9.37. The standard InChI is InChI=1S/C26H33ClFN3O4S/c1-18-9-14-23(15-24(18)27)31(36(3,34)35)17-25(32)30(16-20-10-12-21(28)13-11-20)19(2)26(33)29-22-7-5-4-6-8-22/h9-15,19,22H,4-8,16-17H2,1-3H3,(H,29,33)/t19-/m0/s1. The van der Waals surface area contributed by atoms with E-state index in [4.69, 9.17) is 11.6 Å². The van der Waals surface area contributed by atoms with Gasteiger partial charge in [0.05, 0.1) is 11.9 Å². The molecule has 0 spiro atoms. The molecule has 0 bridgehead atoms. The van der Waals surface area contributed by atoms with Crippen LogP contribution < -0.4 is 9.62 Å². The van der Waals surface area contributed by atoms with Gasteiger partial charge in [-0.05, 0) is 62.1 Å². The Morgan fingerprint density at radius 2 is 1.75 bits per heavy atom. The lowest BCUT2D eigenvalue weighted by Gasteiger charge is -2.33. The van der Waals surface area contributed by atoms with Crippen LogP contribution >= 0.6 is 11.6 Å². The summed E-state index contributed by atoms with van der Waals surface area (Å²) in [5.74, 6) is -1.28. The van der Waals surface area contributed by atoms with Crippen molar-refractivity contribution in [2.45, 2.75) is 64.6 Å². The Bertz CT molecular complexity index is 1180. The second-order valence-corrected chi connectivity index (χ2v) is 11.7. The molecule has 0 heterocycles. The molecule has 0 aromatic heterocycles. The van der Waals surface area contributed by atoms with Crippen molar-refractivity contribution in [1.82, 2.24) is 10.2 Å². The summed E-state index contributed by atoms with van der Waals surface area (Å²) in [6.45, 7) is 2.91. The van der Waals surface area contributed by atoms with Crippen molar-refractivity contribution < 1.29 is 22.4 Å². The van der Waals surface area contributed by atoms with E-state index in [1.807, 2.05) is 0 Å². The molecule has 1 aliphatic rings. The van der Waals surface area contributed by atoms with Crippen LogP contribution in [0.3, 0.4) is 0 Å². The monoisotopic (exact) mass is 537 g/mol. The first-order valence-corrected chi connectivity index (χ1v) is 14.3. The Balaban J connectivity index is 1.87.